The highest BCUT2D eigenvalue weighted by molar-refractivity contribution is 7.16. The maximum Gasteiger partial charge on any atom is 0.145 e. The van der Waals surface area contributed by atoms with Gasteiger partial charge in [0.05, 0.1) is 11.8 Å². The van der Waals surface area contributed by atoms with Gasteiger partial charge in [-0.3, -0.25) is 0 Å². The molecule has 0 spiro atoms. The summed E-state index contributed by atoms with van der Waals surface area (Å²) in [6.45, 7) is 1.90. The Balaban J connectivity index is 1.95. The molecule has 0 fully saturated rings. The highest BCUT2D eigenvalue weighted by Crippen LogP contribution is 2.39. The van der Waals surface area contributed by atoms with Gasteiger partial charge in [-0.1, -0.05) is 0 Å². The normalized spacial score (nSPS) is 14.5. The van der Waals surface area contributed by atoms with Crippen LogP contribution in [0.3, 0.4) is 0 Å². The molecule has 4 heteroatoms. The van der Waals surface area contributed by atoms with Crippen molar-refractivity contribution < 1.29 is 4.42 Å². The van der Waals surface area contributed by atoms with E-state index in [1.54, 1.807) is 17.6 Å². The second-order valence-corrected chi connectivity index (χ2v) is 5.79. The highest BCUT2D eigenvalue weighted by atomic mass is 32.1. The summed E-state index contributed by atoms with van der Waals surface area (Å²) in [4.78, 5) is 5.78. The van der Waals surface area contributed by atoms with Crippen LogP contribution < -0.4 is 0 Å². The number of hydrogen-bond donors (Lipinski definition) is 0. The average Bonchev–Trinajstić information content (AvgIpc) is 2.99. The third kappa shape index (κ3) is 2.34. The van der Waals surface area contributed by atoms with E-state index in [0.29, 0.717) is 0 Å². The smallest absolute Gasteiger partial charge is 0.145 e. The van der Waals surface area contributed by atoms with Gasteiger partial charge in [-0.2, -0.15) is 5.26 Å². The third-order valence-corrected chi connectivity index (χ3v) is 4.53. The summed E-state index contributed by atoms with van der Waals surface area (Å²) in [6.07, 6.45) is 6.21. The number of nitriles is 1. The molecule has 19 heavy (non-hydrogen) atoms. The highest BCUT2D eigenvalue weighted by Gasteiger charge is 2.20. The lowest BCUT2D eigenvalue weighted by Crippen LogP contribution is -1.99. The van der Waals surface area contributed by atoms with E-state index in [4.69, 9.17) is 4.42 Å². The number of fused-ring (bicyclic) bond motifs is 1. The van der Waals surface area contributed by atoms with Crippen molar-refractivity contribution in [1.82, 2.24) is 0 Å². The van der Waals surface area contributed by atoms with Gasteiger partial charge in [-0.25, -0.2) is 4.99 Å². The molecule has 0 bridgehead atoms. The second kappa shape index (κ2) is 5.02. The summed E-state index contributed by atoms with van der Waals surface area (Å²) in [5.41, 5.74) is 1.99. The predicted molar refractivity (Wildman–Crippen MR) is 76.4 cm³/mol. The number of thiophene rings is 1. The minimum absolute atomic E-state index is 0.729. The molecule has 1 aliphatic carbocycles. The van der Waals surface area contributed by atoms with Crippen LogP contribution in [0.15, 0.2) is 21.5 Å². The lowest BCUT2D eigenvalue weighted by molar-refractivity contribution is 0.528. The van der Waals surface area contributed by atoms with Crippen molar-refractivity contribution >= 4 is 22.6 Å². The van der Waals surface area contributed by atoms with Gasteiger partial charge in [0.2, 0.25) is 0 Å². The van der Waals surface area contributed by atoms with Crippen molar-refractivity contribution in [2.45, 2.75) is 32.6 Å². The molecule has 96 valence electrons. The van der Waals surface area contributed by atoms with Crippen molar-refractivity contribution in [3.05, 3.63) is 39.7 Å². The average molecular weight is 270 g/mol. The van der Waals surface area contributed by atoms with Gasteiger partial charge in [0.15, 0.2) is 0 Å². The van der Waals surface area contributed by atoms with Crippen molar-refractivity contribution in [2.24, 2.45) is 4.99 Å². The van der Waals surface area contributed by atoms with Crippen LogP contribution in [-0.2, 0) is 12.8 Å². The maximum atomic E-state index is 9.32. The molecule has 0 radical (unpaired) electrons. The molecule has 2 heterocycles. The summed E-state index contributed by atoms with van der Waals surface area (Å²) in [7, 11) is 0. The first-order valence-electron chi connectivity index (χ1n) is 6.43. The first kappa shape index (κ1) is 12.2. The maximum absolute atomic E-state index is 9.32. The molecule has 0 amide bonds. The molecule has 3 nitrogen and oxygen atoms in total. The second-order valence-electron chi connectivity index (χ2n) is 4.71. The number of hydrogen-bond acceptors (Lipinski definition) is 4. The number of nitrogens with zero attached hydrogens (tertiary/aromatic N) is 2. The first-order valence-corrected chi connectivity index (χ1v) is 7.24. The van der Waals surface area contributed by atoms with Gasteiger partial charge in [0.1, 0.15) is 22.6 Å². The Labute approximate surface area is 116 Å². The van der Waals surface area contributed by atoms with Crippen molar-refractivity contribution in [1.29, 1.82) is 5.26 Å². The van der Waals surface area contributed by atoms with Gasteiger partial charge in [0, 0.05) is 4.88 Å². The van der Waals surface area contributed by atoms with Crippen LogP contribution >= 0.6 is 11.3 Å². The molecule has 0 unspecified atom stereocenters. The van der Waals surface area contributed by atoms with Crippen LogP contribution in [0.2, 0.25) is 0 Å². The van der Waals surface area contributed by atoms with Gasteiger partial charge in [0.25, 0.3) is 0 Å². The van der Waals surface area contributed by atoms with Crippen molar-refractivity contribution in [3.63, 3.8) is 0 Å². The number of furan rings is 1. The van der Waals surface area contributed by atoms with E-state index in [9.17, 15) is 5.26 Å². The summed E-state index contributed by atoms with van der Waals surface area (Å²) in [5, 5.41) is 10.1. The Bertz CT molecular complexity index is 673. The van der Waals surface area contributed by atoms with Gasteiger partial charge < -0.3 is 4.42 Å². The summed E-state index contributed by atoms with van der Waals surface area (Å²) >= 11 is 1.65. The molecular weight excluding hydrogens is 256 g/mol. The van der Waals surface area contributed by atoms with E-state index >= 15 is 0 Å². The zero-order valence-electron chi connectivity index (χ0n) is 10.8. The van der Waals surface area contributed by atoms with E-state index in [2.05, 4.69) is 11.1 Å². The summed E-state index contributed by atoms with van der Waals surface area (Å²) in [6, 6.07) is 6.11. The topological polar surface area (TPSA) is 49.3 Å². The third-order valence-electron chi connectivity index (χ3n) is 3.33. The largest absolute Gasteiger partial charge is 0.460 e. The fourth-order valence-corrected chi connectivity index (χ4v) is 3.59. The monoisotopic (exact) mass is 270 g/mol. The molecule has 0 aliphatic heterocycles. The minimum atomic E-state index is 0.729. The van der Waals surface area contributed by atoms with Crippen LogP contribution in [0.25, 0.3) is 0 Å². The van der Waals surface area contributed by atoms with Crippen molar-refractivity contribution in [3.8, 4) is 6.07 Å². The molecule has 0 saturated heterocycles. The summed E-state index contributed by atoms with van der Waals surface area (Å²) < 4.78 is 5.45. The fraction of sp³-hybridized carbons (Fsp3) is 0.333. The van der Waals surface area contributed by atoms with Gasteiger partial charge in [-0.15, -0.1) is 11.3 Å². The molecule has 3 rings (SSSR count). The Kier molecular flexibility index (Phi) is 3.22. The molecule has 0 atom stereocenters. The molecule has 0 aromatic carbocycles. The Morgan fingerprint density at radius 2 is 2.21 bits per heavy atom. The molecule has 2 aromatic heterocycles. The Hall–Kier alpha value is -1.86. The number of rotatable bonds is 2. The SMILES string of the molecule is Cc1ccc(/C=N/c2sc3c(c2C#N)CCCC3)o1. The Morgan fingerprint density at radius 3 is 2.95 bits per heavy atom. The zero-order valence-corrected chi connectivity index (χ0v) is 11.6. The lowest BCUT2D eigenvalue weighted by atomic mass is 9.96. The van der Waals surface area contributed by atoms with Gasteiger partial charge in [-0.05, 0) is 50.3 Å². The minimum Gasteiger partial charge on any atom is -0.460 e. The first-order chi connectivity index (χ1) is 9.28. The van der Waals surface area contributed by atoms with E-state index in [1.807, 2.05) is 19.1 Å². The van der Waals surface area contributed by atoms with Crippen molar-refractivity contribution in [2.75, 3.05) is 0 Å². The molecule has 0 N–H and O–H groups in total. The predicted octanol–water partition coefficient (Wildman–Crippen LogP) is 4.15. The van der Waals surface area contributed by atoms with Crippen LogP contribution in [-0.4, -0.2) is 6.21 Å². The molecule has 2 aromatic rings. The van der Waals surface area contributed by atoms with E-state index in [1.165, 1.54) is 23.3 Å². The van der Waals surface area contributed by atoms with E-state index in [0.717, 1.165) is 34.9 Å². The summed E-state index contributed by atoms with van der Waals surface area (Å²) in [5.74, 6) is 1.60. The van der Waals surface area contributed by atoms with Crippen LogP contribution in [0.1, 0.15) is 40.4 Å². The molecule has 1 aliphatic rings. The fourth-order valence-electron chi connectivity index (χ4n) is 2.40. The molecule has 0 saturated carbocycles. The number of aryl methyl sites for hydroxylation is 2. The quantitative estimate of drug-likeness (QED) is 0.770. The van der Waals surface area contributed by atoms with E-state index in [-0.39, 0.29) is 0 Å². The zero-order chi connectivity index (χ0) is 13.2. The molecular formula is C15H14N2OS. The van der Waals surface area contributed by atoms with E-state index < -0.39 is 0 Å². The standard InChI is InChI=1S/C15H14N2OS/c1-10-6-7-11(18-10)9-17-15-13(8-16)12-4-2-3-5-14(12)19-15/h6-7,9H,2-5H2,1H3/b17-9+. The van der Waals surface area contributed by atoms with Crippen LogP contribution in [0, 0.1) is 18.3 Å². The Morgan fingerprint density at radius 1 is 1.37 bits per heavy atom. The lowest BCUT2D eigenvalue weighted by Gasteiger charge is -2.09. The van der Waals surface area contributed by atoms with Crippen LogP contribution in [0.4, 0.5) is 5.00 Å². The van der Waals surface area contributed by atoms with Gasteiger partial charge >= 0.3 is 0 Å². The van der Waals surface area contributed by atoms with Crippen LogP contribution in [0.5, 0.6) is 0 Å². The number of aliphatic imine (C=N–C) groups is 1.